The maximum Gasteiger partial charge on any atom is 0.169 e. The van der Waals surface area contributed by atoms with Crippen LogP contribution in [-0.4, -0.2) is 17.1 Å². The number of hydrogen-bond acceptors (Lipinski definition) is 3. The van der Waals surface area contributed by atoms with Crippen LogP contribution in [0.1, 0.15) is 46.1 Å². The highest BCUT2D eigenvalue weighted by molar-refractivity contribution is 5.40. The van der Waals surface area contributed by atoms with E-state index in [0.717, 1.165) is 6.54 Å². The smallest absolute Gasteiger partial charge is 0.169 e. The zero-order chi connectivity index (χ0) is 14.1. The average molecular weight is 265 g/mol. The van der Waals surface area contributed by atoms with Crippen LogP contribution >= 0.6 is 0 Å². The molecule has 1 fully saturated rings. The first-order chi connectivity index (χ1) is 8.79. The average Bonchev–Trinajstić information content (AvgIpc) is 3.04. The molecule has 2 rings (SSSR count). The summed E-state index contributed by atoms with van der Waals surface area (Å²) in [4.78, 5) is 4.10. The number of anilines is 1. The van der Waals surface area contributed by atoms with Gasteiger partial charge in [0.05, 0.1) is 0 Å². The van der Waals surface area contributed by atoms with Gasteiger partial charge in [0.15, 0.2) is 11.6 Å². The minimum atomic E-state index is -0.233. The van der Waals surface area contributed by atoms with Crippen molar-refractivity contribution in [2.24, 2.45) is 5.41 Å². The summed E-state index contributed by atoms with van der Waals surface area (Å²) >= 11 is 0. The monoisotopic (exact) mass is 265 g/mol. The lowest BCUT2D eigenvalue weighted by Crippen LogP contribution is -2.35. The number of hydrogen-bond donors (Lipinski definition) is 2. The maximum absolute atomic E-state index is 14.3. The molecule has 1 aliphatic rings. The molecule has 4 heteroatoms. The number of aromatic nitrogens is 1. The maximum atomic E-state index is 14.3. The zero-order valence-electron chi connectivity index (χ0n) is 12.3. The predicted molar refractivity (Wildman–Crippen MR) is 76.6 cm³/mol. The lowest BCUT2D eigenvalue weighted by Gasteiger charge is -2.21. The van der Waals surface area contributed by atoms with E-state index in [1.54, 1.807) is 12.3 Å². The van der Waals surface area contributed by atoms with Crippen molar-refractivity contribution in [2.75, 3.05) is 11.9 Å². The van der Waals surface area contributed by atoms with Gasteiger partial charge in [-0.2, -0.15) is 0 Å². The minimum absolute atomic E-state index is 0.0230. The van der Waals surface area contributed by atoms with Crippen LogP contribution in [0.25, 0.3) is 0 Å². The van der Waals surface area contributed by atoms with Crippen molar-refractivity contribution < 1.29 is 4.39 Å². The molecule has 19 heavy (non-hydrogen) atoms. The van der Waals surface area contributed by atoms with Crippen LogP contribution in [0.5, 0.6) is 0 Å². The summed E-state index contributed by atoms with van der Waals surface area (Å²) < 4.78 is 14.3. The molecule has 0 aromatic carbocycles. The lowest BCUT2D eigenvalue weighted by atomic mass is 10.1. The van der Waals surface area contributed by atoms with Crippen LogP contribution in [0.2, 0.25) is 0 Å². The van der Waals surface area contributed by atoms with E-state index >= 15 is 0 Å². The molecule has 0 bridgehead atoms. The van der Waals surface area contributed by atoms with Crippen LogP contribution in [0.4, 0.5) is 10.2 Å². The molecule has 2 N–H and O–H groups in total. The molecule has 0 unspecified atom stereocenters. The second-order valence-electron chi connectivity index (χ2n) is 6.90. The third kappa shape index (κ3) is 4.16. The van der Waals surface area contributed by atoms with Gasteiger partial charge in [0.1, 0.15) is 0 Å². The third-order valence-corrected chi connectivity index (χ3v) is 3.56. The first-order valence-corrected chi connectivity index (χ1v) is 6.91. The summed E-state index contributed by atoms with van der Waals surface area (Å²) in [5.74, 6) is 0.143. The Kier molecular flexibility index (Phi) is 3.81. The first-order valence-electron chi connectivity index (χ1n) is 6.91. The van der Waals surface area contributed by atoms with Crippen LogP contribution in [-0.2, 0) is 6.54 Å². The normalized spacial score (nSPS) is 17.3. The van der Waals surface area contributed by atoms with Gasteiger partial charge in [-0.3, -0.25) is 0 Å². The molecule has 1 saturated carbocycles. The summed E-state index contributed by atoms with van der Waals surface area (Å²) in [6.45, 7) is 9.73. The van der Waals surface area contributed by atoms with Crippen LogP contribution in [0.15, 0.2) is 12.3 Å². The summed E-state index contributed by atoms with van der Waals surface area (Å²) in [5.41, 5.74) is 0.979. The van der Waals surface area contributed by atoms with Gasteiger partial charge in [-0.1, -0.05) is 6.92 Å². The first kappa shape index (κ1) is 14.3. The van der Waals surface area contributed by atoms with Gasteiger partial charge in [0.25, 0.3) is 0 Å². The summed E-state index contributed by atoms with van der Waals surface area (Å²) in [7, 11) is 0. The summed E-state index contributed by atoms with van der Waals surface area (Å²) in [6, 6.07) is 1.73. The Bertz CT molecular complexity index is 420. The van der Waals surface area contributed by atoms with Gasteiger partial charge < -0.3 is 10.6 Å². The SMILES string of the molecule is CC1(CNc2nccc(CNC(C)(C)C)c2F)CC1. The number of rotatable bonds is 5. The van der Waals surface area contributed by atoms with E-state index < -0.39 is 0 Å². The van der Waals surface area contributed by atoms with E-state index in [4.69, 9.17) is 0 Å². The van der Waals surface area contributed by atoms with Gasteiger partial charge in [-0.25, -0.2) is 9.37 Å². The molecule has 0 spiro atoms. The Hall–Kier alpha value is -1.16. The Labute approximate surface area is 115 Å². The molecular weight excluding hydrogens is 241 g/mol. The fraction of sp³-hybridized carbons (Fsp3) is 0.667. The second kappa shape index (κ2) is 5.08. The molecule has 0 amide bonds. The third-order valence-electron chi connectivity index (χ3n) is 3.56. The fourth-order valence-corrected chi connectivity index (χ4v) is 1.79. The molecule has 1 aromatic rings. The predicted octanol–water partition coefficient (Wildman–Crippen LogP) is 3.32. The molecule has 0 atom stereocenters. The number of nitrogens with one attached hydrogen (secondary N) is 2. The second-order valence-corrected chi connectivity index (χ2v) is 6.90. The Morgan fingerprint density at radius 2 is 2.05 bits per heavy atom. The topological polar surface area (TPSA) is 37.0 Å². The van der Waals surface area contributed by atoms with Crippen molar-refractivity contribution in [1.29, 1.82) is 0 Å². The van der Waals surface area contributed by atoms with Crippen molar-refractivity contribution in [3.05, 3.63) is 23.6 Å². The standard InChI is InChI=1S/C15H24FN3/c1-14(2,3)19-9-11-5-8-17-13(12(11)16)18-10-15(4)6-7-15/h5,8,19H,6-7,9-10H2,1-4H3,(H,17,18). The van der Waals surface area contributed by atoms with Gasteiger partial charge >= 0.3 is 0 Å². The lowest BCUT2D eigenvalue weighted by molar-refractivity contribution is 0.418. The van der Waals surface area contributed by atoms with E-state index in [1.165, 1.54) is 12.8 Å². The van der Waals surface area contributed by atoms with E-state index in [-0.39, 0.29) is 11.4 Å². The molecule has 1 heterocycles. The van der Waals surface area contributed by atoms with E-state index in [0.29, 0.717) is 23.3 Å². The molecule has 1 aliphatic carbocycles. The van der Waals surface area contributed by atoms with Crippen molar-refractivity contribution in [3.8, 4) is 0 Å². The Morgan fingerprint density at radius 1 is 1.37 bits per heavy atom. The van der Waals surface area contributed by atoms with Gasteiger partial charge in [-0.15, -0.1) is 0 Å². The number of pyridine rings is 1. The highest BCUT2D eigenvalue weighted by atomic mass is 19.1. The fourth-order valence-electron chi connectivity index (χ4n) is 1.79. The van der Waals surface area contributed by atoms with Gasteiger partial charge in [0, 0.05) is 30.4 Å². The van der Waals surface area contributed by atoms with E-state index in [9.17, 15) is 4.39 Å². The van der Waals surface area contributed by atoms with E-state index in [1.807, 2.05) is 0 Å². The van der Waals surface area contributed by atoms with Crippen LogP contribution in [0.3, 0.4) is 0 Å². The van der Waals surface area contributed by atoms with Crippen molar-refractivity contribution >= 4 is 5.82 Å². The quantitative estimate of drug-likeness (QED) is 0.857. The minimum Gasteiger partial charge on any atom is -0.367 e. The molecule has 0 aliphatic heterocycles. The molecule has 3 nitrogen and oxygen atoms in total. The highest BCUT2D eigenvalue weighted by Crippen LogP contribution is 2.44. The van der Waals surface area contributed by atoms with Gasteiger partial charge in [0.2, 0.25) is 0 Å². The van der Waals surface area contributed by atoms with Crippen molar-refractivity contribution in [2.45, 2.75) is 52.6 Å². The van der Waals surface area contributed by atoms with Crippen molar-refractivity contribution in [3.63, 3.8) is 0 Å². The Balaban J connectivity index is 2.00. The summed E-state index contributed by atoms with van der Waals surface area (Å²) in [6.07, 6.45) is 4.10. The highest BCUT2D eigenvalue weighted by Gasteiger charge is 2.37. The molecule has 0 radical (unpaired) electrons. The molecular formula is C15H24FN3. The van der Waals surface area contributed by atoms with Crippen molar-refractivity contribution in [1.82, 2.24) is 10.3 Å². The zero-order valence-corrected chi connectivity index (χ0v) is 12.3. The summed E-state index contributed by atoms with van der Waals surface area (Å²) in [5, 5.41) is 6.43. The van der Waals surface area contributed by atoms with Crippen LogP contribution in [0, 0.1) is 11.2 Å². The Morgan fingerprint density at radius 3 is 2.63 bits per heavy atom. The van der Waals surface area contributed by atoms with Gasteiger partial charge in [-0.05, 0) is 45.1 Å². The molecule has 0 saturated heterocycles. The molecule has 1 aromatic heterocycles. The largest absolute Gasteiger partial charge is 0.367 e. The van der Waals surface area contributed by atoms with Crippen LogP contribution < -0.4 is 10.6 Å². The molecule has 106 valence electrons. The van der Waals surface area contributed by atoms with E-state index in [2.05, 4.69) is 43.3 Å². The number of nitrogens with zero attached hydrogens (tertiary/aromatic N) is 1. The number of halogens is 1.